The van der Waals surface area contributed by atoms with Crippen molar-refractivity contribution in [2.24, 2.45) is 0 Å². The van der Waals surface area contributed by atoms with Crippen molar-refractivity contribution in [2.75, 3.05) is 0 Å². The average Bonchev–Trinajstić information content (AvgIpc) is 3.22. The molecule has 0 saturated carbocycles. The van der Waals surface area contributed by atoms with Crippen LogP contribution in [0.3, 0.4) is 0 Å². The number of sulfone groups is 2. The molecule has 2 heterocycles. The molecular weight excluding hydrogens is 818 g/mol. The Morgan fingerprint density at radius 1 is 0.567 bits per heavy atom. The quantitative estimate of drug-likeness (QED) is 0.158. The molecule has 2 aliphatic rings. The molecule has 16 heteroatoms. The van der Waals surface area contributed by atoms with Gasteiger partial charge in [-0.15, -0.1) is 0 Å². The molecule has 0 fully saturated rings. The Kier molecular flexibility index (Phi) is 11.7. The molecule has 1 N–H and O–H groups in total. The number of nitrogens with zero attached hydrogens (tertiary/aromatic N) is 4. The minimum atomic E-state index is -4.76. The van der Waals surface area contributed by atoms with Crippen molar-refractivity contribution in [1.29, 1.82) is 21.0 Å². The largest absolute Gasteiger partial charge is 0.478 e. The maximum atomic E-state index is 13.9. The third kappa shape index (κ3) is 8.48. The standard InChI is InChI=1S/C44H25F3N4O7S2/c45-44(46,47)38-3-1-2-33(16-38)42-20-35(37(23-50)24-51)19-40(60(42,56)57)30-10-6-28(7-11-30)26-58-25-27-4-8-29(9-5-27)39-17-34(36(21-48)22-49)18-41(59(39,54)55)31-12-14-32(15-13-31)43(52)53/h1-20H,25-26H2,(H,52,53). The molecule has 11 nitrogen and oxygen atoms in total. The van der Waals surface area contributed by atoms with Crippen LogP contribution in [0.4, 0.5) is 13.2 Å². The second kappa shape index (κ2) is 16.7. The van der Waals surface area contributed by atoms with Crippen LogP contribution in [-0.4, -0.2) is 27.9 Å². The molecular formula is C44H25F3N4O7S2. The Hall–Kier alpha value is -7.60. The summed E-state index contributed by atoms with van der Waals surface area (Å²) in [7, 11) is -8.69. The Balaban J connectivity index is 1.20. The molecule has 6 rings (SSSR count). The summed E-state index contributed by atoms with van der Waals surface area (Å²) in [5.74, 6) is -1.21. The summed E-state index contributed by atoms with van der Waals surface area (Å²) in [5.41, 5.74) is -0.486. The van der Waals surface area contributed by atoms with Crippen LogP contribution in [0.2, 0.25) is 0 Å². The first-order valence-electron chi connectivity index (χ1n) is 17.3. The van der Waals surface area contributed by atoms with Gasteiger partial charge >= 0.3 is 12.1 Å². The van der Waals surface area contributed by atoms with Crippen molar-refractivity contribution < 1.29 is 44.6 Å². The van der Waals surface area contributed by atoms with Gasteiger partial charge in [-0.1, -0.05) is 72.8 Å². The van der Waals surface area contributed by atoms with Crippen LogP contribution < -0.4 is 0 Å². The van der Waals surface area contributed by atoms with Crippen LogP contribution >= 0.6 is 0 Å². The zero-order valence-electron chi connectivity index (χ0n) is 30.6. The SMILES string of the molecule is N#CC(C#N)=C1C=C(c2ccc(COCc3ccc(C4=CC(=C(C#N)C#N)C=C(c5cccc(C(F)(F)F)c5)S4(=O)=O)cc3)cc2)S(=O)(=O)C(c2ccc(C(=O)O)cc2)=C1. The Morgan fingerprint density at radius 3 is 1.28 bits per heavy atom. The van der Waals surface area contributed by atoms with E-state index in [0.717, 1.165) is 24.3 Å². The van der Waals surface area contributed by atoms with E-state index >= 15 is 0 Å². The third-order valence-electron chi connectivity index (χ3n) is 9.23. The van der Waals surface area contributed by atoms with Gasteiger partial charge in [-0.2, -0.15) is 34.2 Å². The number of halogens is 3. The molecule has 0 aliphatic carbocycles. The van der Waals surface area contributed by atoms with Crippen LogP contribution in [0.15, 0.2) is 144 Å². The van der Waals surface area contributed by atoms with E-state index in [2.05, 4.69) is 0 Å². The maximum Gasteiger partial charge on any atom is 0.416 e. The highest BCUT2D eigenvalue weighted by Gasteiger charge is 2.35. The van der Waals surface area contributed by atoms with Crippen molar-refractivity contribution >= 4 is 45.3 Å². The van der Waals surface area contributed by atoms with Crippen molar-refractivity contribution in [3.8, 4) is 24.3 Å². The first kappa shape index (κ1) is 42.0. The van der Waals surface area contributed by atoms with Crippen LogP contribution in [0, 0.1) is 45.3 Å². The van der Waals surface area contributed by atoms with Crippen LogP contribution in [0.5, 0.6) is 0 Å². The number of hydrogen-bond donors (Lipinski definition) is 1. The smallest absolute Gasteiger partial charge is 0.416 e. The molecule has 0 radical (unpaired) electrons. The molecule has 0 aromatic heterocycles. The molecule has 4 aromatic carbocycles. The van der Waals surface area contributed by atoms with Gasteiger partial charge in [0.05, 0.1) is 44.0 Å². The molecule has 0 bridgehead atoms. The van der Waals surface area contributed by atoms with Crippen molar-refractivity contribution in [1.82, 2.24) is 0 Å². The minimum absolute atomic E-state index is 0.0367. The summed E-state index contributed by atoms with van der Waals surface area (Å²) in [6.45, 7) is 0.0893. The maximum absolute atomic E-state index is 13.9. The second-order valence-corrected chi connectivity index (χ2v) is 16.8. The van der Waals surface area contributed by atoms with Gasteiger partial charge < -0.3 is 9.84 Å². The number of carbonyl (C=O) groups is 1. The predicted molar refractivity (Wildman–Crippen MR) is 212 cm³/mol. The lowest BCUT2D eigenvalue weighted by Crippen LogP contribution is -2.12. The van der Waals surface area contributed by atoms with Gasteiger partial charge in [0, 0.05) is 11.1 Å². The number of hydrogen-bond acceptors (Lipinski definition) is 10. The molecule has 60 heavy (non-hydrogen) atoms. The summed E-state index contributed by atoms with van der Waals surface area (Å²) >= 11 is 0. The molecule has 2 aliphatic heterocycles. The predicted octanol–water partition coefficient (Wildman–Crippen LogP) is 8.43. The lowest BCUT2D eigenvalue weighted by atomic mass is 10.0. The first-order valence-corrected chi connectivity index (χ1v) is 20.2. The molecule has 4 aromatic rings. The van der Waals surface area contributed by atoms with Gasteiger partial charge in [-0.25, -0.2) is 21.6 Å². The van der Waals surface area contributed by atoms with Crippen molar-refractivity contribution in [3.63, 3.8) is 0 Å². The zero-order valence-corrected chi connectivity index (χ0v) is 32.2. The second-order valence-electron chi connectivity index (χ2n) is 13.0. The van der Waals surface area contributed by atoms with E-state index in [1.165, 1.54) is 66.7 Å². The minimum Gasteiger partial charge on any atom is -0.478 e. The number of ether oxygens (including phenoxy) is 1. The molecule has 0 unspecified atom stereocenters. The monoisotopic (exact) mass is 842 g/mol. The topological polar surface area (TPSA) is 210 Å². The van der Waals surface area contributed by atoms with E-state index in [9.17, 15) is 61.0 Å². The average molecular weight is 843 g/mol. The molecule has 0 atom stereocenters. The van der Waals surface area contributed by atoms with E-state index in [1.54, 1.807) is 48.5 Å². The fraction of sp³-hybridized carbons (Fsp3) is 0.0682. The fourth-order valence-corrected chi connectivity index (χ4v) is 9.57. The van der Waals surface area contributed by atoms with E-state index in [1.807, 2.05) is 0 Å². The van der Waals surface area contributed by atoms with Gasteiger partial charge in [0.15, 0.2) is 0 Å². The lowest BCUT2D eigenvalue weighted by molar-refractivity contribution is -0.137. The Morgan fingerprint density at radius 2 is 0.933 bits per heavy atom. The normalized spacial score (nSPS) is 15.4. The Bertz CT molecular complexity index is 3030. The number of nitriles is 4. The number of carboxylic acid groups (broad SMARTS) is 1. The number of carboxylic acids is 1. The van der Waals surface area contributed by atoms with Crippen LogP contribution in [0.25, 0.3) is 19.6 Å². The molecule has 296 valence electrons. The highest BCUT2D eigenvalue weighted by atomic mass is 32.2. The number of allylic oxidation sites excluding steroid dienone is 8. The summed E-state index contributed by atoms with van der Waals surface area (Å²) in [6.07, 6.45) is -0.219. The number of benzene rings is 4. The van der Waals surface area contributed by atoms with Crippen molar-refractivity contribution in [3.05, 3.63) is 188 Å². The summed E-state index contributed by atoms with van der Waals surface area (Å²) in [6, 6.07) is 28.1. The number of aromatic carboxylic acids is 1. The van der Waals surface area contributed by atoms with Crippen LogP contribution in [-0.2, 0) is 43.8 Å². The van der Waals surface area contributed by atoms with E-state index < -0.39 is 47.9 Å². The molecule has 0 amide bonds. The number of rotatable bonds is 9. The lowest BCUT2D eigenvalue weighted by Gasteiger charge is -2.19. The van der Waals surface area contributed by atoms with Gasteiger partial charge in [0.1, 0.15) is 35.4 Å². The highest BCUT2D eigenvalue weighted by Crippen LogP contribution is 2.42. The summed E-state index contributed by atoms with van der Waals surface area (Å²) < 4.78 is 102. The van der Waals surface area contributed by atoms with Gasteiger partial charge in [-0.3, -0.25) is 0 Å². The number of alkyl halides is 3. The van der Waals surface area contributed by atoms with E-state index in [0.29, 0.717) is 17.2 Å². The molecule has 0 saturated heterocycles. The fourth-order valence-electron chi connectivity index (χ4n) is 6.19. The van der Waals surface area contributed by atoms with Crippen molar-refractivity contribution in [2.45, 2.75) is 19.4 Å². The zero-order chi connectivity index (χ0) is 43.4. The Labute approximate surface area is 341 Å². The van der Waals surface area contributed by atoms with E-state index in [-0.39, 0.29) is 72.5 Å². The summed E-state index contributed by atoms with van der Waals surface area (Å²) in [5, 5.41) is 47.4. The van der Waals surface area contributed by atoms with Gasteiger partial charge in [0.2, 0.25) is 19.7 Å². The van der Waals surface area contributed by atoms with E-state index in [4.69, 9.17) is 4.74 Å². The van der Waals surface area contributed by atoms with Gasteiger partial charge in [-0.05, 0) is 82.0 Å². The van der Waals surface area contributed by atoms with Crippen LogP contribution in [0.1, 0.15) is 49.3 Å². The first-order chi connectivity index (χ1) is 28.5. The molecule has 0 spiro atoms. The van der Waals surface area contributed by atoms with Gasteiger partial charge in [0.25, 0.3) is 0 Å². The highest BCUT2D eigenvalue weighted by molar-refractivity contribution is 8.09. The third-order valence-corrected chi connectivity index (χ3v) is 13.0. The summed E-state index contributed by atoms with van der Waals surface area (Å²) in [4.78, 5) is 10.1.